The number of aromatic carboxylic acids is 1. The van der Waals surface area contributed by atoms with Gasteiger partial charge in [0.25, 0.3) is 5.56 Å². The smallest absolute Gasteiger partial charge is 0.337 e. The number of rotatable bonds is 6. The summed E-state index contributed by atoms with van der Waals surface area (Å²) in [5.41, 5.74) is -0.115. The fourth-order valence-electron chi connectivity index (χ4n) is 2.71. The second-order valence-corrected chi connectivity index (χ2v) is 7.16. The molecule has 0 radical (unpaired) electrons. The van der Waals surface area contributed by atoms with Gasteiger partial charge in [-0.05, 0) is 24.6 Å². The molecule has 0 aliphatic carbocycles. The molecule has 0 unspecified atom stereocenters. The number of carbonyl (C=O) groups excluding carboxylic acids is 1. The molecule has 9 heteroatoms. The number of carboxylic acids is 1. The molecule has 0 spiro atoms. The van der Waals surface area contributed by atoms with Crippen LogP contribution >= 0.6 is 22.9 Å². The monoisotopic (exact) mass is 405 g/mol. The Labute approximate surface area is 163 Å². The largest absolute Gasteiger partial charge is 0.478 e. The van der Waals surface area contributed by atoms with Crippen molar-refractivity contribution < 1.29 is 14.7 Å². The second-order valence-electron chi connectivity index (χ2n) is 5.86. The number of nitrogens with zero attached hydrogens (tertiary/aromatic N) is 2. The van der Waals surface area contributed by atoms with Gasteiger partial charge in [0.15, 0.2) is 0 Å². The van der Waals surface area contributed by atoms with Crippen molar-refractivity contribution in [1.29, 1.82) is 0 Å². The Morgan fingerprint density at radius 2 is 2.15 bits per heavy atom. The SMILES string of the molecule is CCCc1nc2scc(C(=O)O)c2c(=O)n1CC(=O)Nc1cccc(Cl)c1. The van der Waals surface area contributed by atoms with Gasteiger partial charge in [-0.3, -0.25) is 14.2 Å². The van der Waals surface area contributed by atoms with Crippen molar-refractivity contribution in [3.8, 4) is 0 Å². The van der Waals surface area contributed by atoms with Crippen molar-refractivity contribution in [1.82, 2.24) is 9.55 Å². The van der Waals surface area contributed by atoms with Crippen LogP contribution in [0.2, 0.25) is 5.02 Å². The number of hydrogen-bond donors (Lipinski definition) is 2. The third-order valence-electron chi connectivity index (χ3n) is 3.89. The van der Waals surface area contributed by atoms with E-state index in [2.05, 4.69) is 10.3 Å². The normalized spacial score (nSPS) is 10.9. The topological polar surface area (TPSA) is 101 Å². The Kier molecular flexibility index (Phi) is 5.57. The molecular weight excluding hydrogens is 390 g/mol. The summed E-state index contributed by atoms with van der Waals surface area (Å²) >= 11 is 7.02. The lowest BCUT2D eigenvalue weighted by Crippen LogP contribution is -2.31. The van der Waals surface area contributed by atoms with Gasteiger partial charge in [0.2, 0.25) is 5.91 Å². The molecule has 0 aliphatic heterocycles. The molecule has 0 aliphatic rings. The van der Waals surface area contributed by atoms with Crippen molar-refractivity contribution in [3.63, 3.8) is 0 Å². The Bertz CT molecular complexity index is 1090. The van der Waals surface area contributed by atoms with Gasteiger partial charge in [0.05, 0.1) is 10.9 Å². The van der Waals surface area contributed by atoms with Crippen LogP contribution < -0.4 is 10.9 Å². The van der Waals surface area contributed by atoms with Crippen LogP contribution in [0.25, 0.3) is 10.2 Å². The van der Waals surface area contributed by atoms with E-state index in [1.807, 2.05) is 6.92 Å². The number of fused-ring (bicyclic) bond motifs is 1. The molecule has 1 aromatic carbocycles. The van der Waals surface area contributed by atoms with Gasteiger partial charge < -0.3 is 10.4 Å². The first-order valence-electron chi connectivity index (χ1n) is 8.20. The number of carbonyl (C=O) groups is 2. The van der Waals surface area contributed by atoms with E-state index in [0.29, 0.717) is 27.8 Å². The quantitative estimate of drug-likeness (QED) is 0.654. The van der Waals surface area contributed by atoms with E-state index in [9.17, 15) is 19.5 Å². The Hall–Kier alpha value is -2.71. The van der Waals surface area contributed by atoms with Crippen molar-refractivity contribution in [2.75, 3.05) is 5.32 Å². The number of halogens is 1. The molecule has 0 atom stereocenters. The Morgan fingerprint density at radius 1 is 1.37 bits per heavy atom. The van der Waals surface area contributed by atoms with Crippen LogP contribution in [0.1, 0.15) is 29.5 Å². The number of thiophene rings is 1. The number of aryl methyl sites for hydroxylation is 1. The highest BCUT2D eigenvalue weighted by molar-refractivity contribution is 7.17. The highest BCUT2D eigenvalue weighted by Crippen LogP contribution is 2.22. The summed E-state index contributed by atoms with van der Waals surface area (Å²) in [5, 5.41) is 13.9. The van der Waals surface area contributed by atoms with Crippen LogP contribution in [0.15, 0.2) is 34.4 Å². The fourth-order valence-corrected chi connectivity index (χ4v) is 3.82. The third kappa shape index (κ3) is 4.01. The van der Waals surface area contributed by atoms with Crippen LogP contribution in [0.4, 0.5) is 5.69 Å². The van der Waals surface area contributed by atoms with Crippen LogP contribution in [0.5, 0.6) is 0 Å². The summed E-state index contributed by atoms with van der Waals surface area (Å²) in [5.74, 6) is -1.17. The minimum atomic E-state index is -1.20. The number of amides is 1. The number of carboxylic acid groups (broad SMARTS) is 1. The van der Waals surface area contributed by atoms with Gasteiger partial charge in [-0.1, -0.05) is 24.6 Å². The maximum atomic E-state index is 12.9. The molecule has 27 heavy (non-hydrogen) atoms. The molecule has 0 saturated heterocycles. The number of aromatic nitrogens is 2. The zero-order valence-electron chi connectivity index (χ0n) is 14.4. The minimum Gasteiger partial charge on any atom is -0.478 e. The van der Waals surface area contributed by atoms with Gasteiger partial charge in [-0.15, -0.1) is 11.3 Å². The molecule has 1 amide bonds. The maximum Gasteiger partial charge on any atom is 0.337 e. The highest BCUT2D eigenvalue weighted by atomic mass is 35.5. The molecule has 3 aromatic rings. The summed E-state index contributed by atoms with van der Waals surface area (Å²) in [6.45, 7) is 1.67. The Balaban J connectivity index is 2.00. The molecule has 0 saturated carbocycles. The van der Waals surface area contributed by atoms with Crippen LogP contribution in [-0.4, -0.2) is 26.5 Å². The third-order valence-corrected chi connectivity index (χ3v) is 4.99. The van der Waals surface area contributed by atoms with Crippen LogP contribution in [-0.2, 0) is 17.8 Å². The molecular formula is C18H16ClN3O4S. The van der Waals surface area contributed by atoms with Gasteiger partial charge >= 0.3 is 5.97 Å². The number of benzene rings is 1. The minimum absolute atomic E-state index is 0.0305. The zero-order valence-corrected chi connectivity index (χ0v) is 15.9. The fraction of sp³-hybridized carbons (Fsp3) is 0.222. The van der Waals surface area contributed by atoms with E-state index in [-0.39, 0.29) is 17.5 Å². The van der Waals surface area contributed by atoms with Crippen LogP contribution in [0, 0.1) is 0 Å². The first-order chi connectivity index (χ1) is 12.9. The summed E-state index contributed by atoms with van der Waals surface area (Å²) < 4.78 is 1.24. The summed E-state index contributed by atoms with van der Waals surface area (Å²) in [4.78, 5) is 41.5. The van der Waals surface area contributed by atoms with E-state index < -0.39 is 17.4 Å². The average molecular weight is 406 g/mol. The second kappa shape index (κ2) is 7.89. The molecule has 140 valence electrons. The molecule has 0 fully saturated rings. The van der Waals surface area contributed by atoms with E-state index in [0.717, 1.165) is 17.8 Å². The number of hydrogen-bond acceptors (Lipinski definition) is 5. The predicted molar refractivity (Wildman–Crippen MR) is 105 cm³/mol. The summed E-state index contributed by atoms with van der Waals surface area (Å²) in [6, 6.07) is 6.66. The molecule has 2 aromatic heterocycles. The summed E-state index contributed by atoms with van der Waals surface area (Å²) in [7, 11) is 0. The Morgan fingerprint density at radius 3 is 2.81 bits per heavy atom. The van der Waals surface area contributed by atoms with E-state index in [1.54, 1.807) is 24.3 Å². The molecule has 7 nitrogen and oxygen atoms in total. The van der Waals surface area contributed by atoms with Gasteiger partial charge in [0.1, 0.15) is 17.2 Å². The lowest BCUT2D eigenvalue weighted by Gasteiger charge is -2.12. The van der Waals surface area contributed by atoms with E-state index in [1.165, 1.54) is 9.95 Å². The van der Waals surface area contributed by atoms with Gasteiger partial charge in [0, 0.05) is 22.5 Å². The first kappa shape index (κ1) is 19.1. The van der Waals surface area contributed by atoms with Crippen molar-refractivity contribution in [2.24, 2.45) is 0 Å². The summed E-state index contributed by atoms with van der Waals surface area (Å²) in [6.07, 6.45) is 1.22. The average Bonchev–Trinajstić information content (AvgIpc) is 3.03. The first-order valence-corrected chi connectivity index (χ1v) is 9.46. The zero-order chi connectivity index (χ0) is 19.6. The van der Waals surface area contributed by atoms with Crippen molar-refractivity contribution in [3.05, 3.63) is 56.4 Å². The lowest BCUT2D eigenvalue weighted by atomic mass is 10.2. The molecule has 2 heterocycles. The van der Waals surface area contributed by atoms with Gasteiger partial charge in [-0.25, -0.2) is 9.78 Å². The molecule has 3 rings (SSSR count). The van der Waals surface area contributed by atoms with E-state index >= 15 is 0 Å². The molecule has 0 bridgehead atoms. The number of nitrogens with one attached hydrogen (secondary N) is 1. The standard InChI is InChI=1S/C18H16ClN3O4S/c1-2-4-13-21-16-15(12(9-27-16)18(25)26)17(24)22(13)8-14(23)20-11-6-3-5-10(19)7-11/h3,5-7,9H,2,4,8H2,1H3,(H,20,23)(H,25,26). The van der Waals surface area contributed by atoms with Gasteiger partial charge in [-0.2, -0.15) is 0 Å². The number of anilines is 1. The lowest BCUT2D eigenvalue weighted by molar-refractivity contribution is -0.116. The predicted octanol–water partition coefficient (Wildman–Crippen LogP) is 3.40. The van der Waals surface area contributed by atoms with Crippen LogP contribution in [0.3, 0.4) is 0 Å². The molecule has 2 N–H and O–H groups in total. The van der Waals surface area contributed by atoms with E-state index in [4.69, 9.17) is 11.6 Å². The maximum absolute atomic E-state index is 12.9. The van der Waals surface area contributed by atoms with Crippen molar-refractivity contribution in [2.45, 2.75) is 26.3 Å². The highest BCUT2D eigenvalue weighted by Gasteiger charge is 2.20. The van der Waals surface area contributed by atoms with Crippen molar-refractivity contribution >= 4 is 50.7 Å².